The van der Waals surface area contributed by atoms with Crippen molar-refractivity contribution in [3.63, 3.8) is 0 Å². The summed E-state index contributed by atoms with van der Waals surface area (Å²) in [6, 6.07) is 11.0. The van der Waals surface area contributed by atoms with Gasteiger partial charge in [0.25, 0.3) is 0 Å². The summed E-state index contributed by atoms with van der Waals surface area (Å²) in [5.74, 6) is 0.601. The van der Waals surface area contributed by atoms with Gasteiger partial charge in [0, 0.05) is 71.1 Å². The van der Waals surface area contributed by atoms with Crippen molar-refractivity contribution in [2.45, 2.75) is 83.7 Å². The molecule has 3 aliphatic rings. The maximum Gasteiger partial charge on any atom is 0.151 e. The van der Waals surface area contributed by atoms with Crippen LogP contribution in [0.2, 0.25) is 0 Å². The van der Waals surface area contributed by atoms with Crippen molar-refractivity contribution in [3.8, 4) is 23.0 Å². The molecule has 0 amide bonds. The van der Waals surface area contributed by atoms with Gasteiger partial charge in [0.15, 0.2) is 11.5 Å². The second-order valence-electron chi connectivity index (χ2n) is 11.5. The van der Waals surface area contributed by atoms with E-state index in [2.05, 4.69) is 18.8 Å². The van der Waals surface area contributed by atoms with E-state index in [9.17, 15) is 14.6 Å². The molecule has 4 N–H and O–H groups in total. The van der Waals surface area contributed by atoms with Crippen LogP contribution in [-0.4, -0.2) is 51.7 Å². The van der Waals surface area contributed by atoms with Crippen molar-refractivity contribution in [1.82, 2.24) is 10.1 Å². The smallest absolute Gasteiger partial charge is 0.151 e. The van der Waals surface area contributed by atoms with Crippen LogP contribution < -0.4 is 15.4 Å². The number of nitrogens with zero attached hydrogens (tertiary/aromatic N) is 3. The number of hydroxylamine groups is 4. The first-order chi connectivity index (χ1) is 20.9. The third-order valence-electron chi connectivity index (χ3n) is 8.52. The number of halogens is 1. The molecule has 0 radical (unpaired) electrons. The molecule has 2 atom stereocenters. The quantitative estimate of drug-likeness (QED) is 0.196. The number of phenols is 2. The standard InChI is InChI=1S/C34H43FN4O4.Ni/c1-3-26-9-5-7-17-38(26)42-28-14-11-23(31(40)20-28)19-24-13-16-30(35)33(36)34(24)37-22-25-12-15-29(21-32(25)41)43-39-18-8-6-10-27(39)4-2;/h11-12,14-16,19-22,26-27,40-41H,3-10,13,17-18,36H2,1-2H3;. The molecule has 0 saturated carbocycles. The van der Waals surface area contributed by atoms with Gasteiger partial charge in [-0.25, -0.2) is 4.39 Å². The number of benzene rings is 2. The molecule has 2 fully saturated rings. The van der Waals surface area contributed by atoms with E-state index in [1.165, 1.54) is 25.1 Å². The Hall–Kier alpha value is -3.33. The number of hydrogen-bond acceptors (Lipinski definition) is 8. The molecule has 1 aliphatic carbocycles. The summed E-state index contributed by atoms with van der Waals surface area (Å²) in [6.07, 6.45) is 13.6. The number of nitrogens with two attached hydrogens (primary N) is 1. The molecule has 2 aliphatic heterocycles. The zero-order valence-electron chi connectivity index (χ0n) is 25.5. The van der Waals surface area contributed by atoms with Crippen molar-refractivity contribution in [2.24, 2.45) is 10.7 Å². The number of hydrogen-bond donors (Lipinski definition) is 3. The summed E-state index contributed by atoms with van der Waals surface area (Å²) in [4.78, 5) is 16.7. The van der Waals surface area contributed by atoms with Crippen LogP contribution in [0.5, 0.6) is 23.0 Å². The fourth-order valence-electron chi connectivity index (χ4n) is 5.96. The second-order valence-corrected chi connectivity index (χ2v) is 11.5. The van der Waals surface area contributed by atoms with E-state index in [0.717, 1.165) is 51.6 Å². The Morgan fingerprint density at radius 2 is 1.43 bits per heavy atom. The summed E-state index contributed by atoms with van der Waals surface area (Å²) < 4.78 is 14.5. The van der Waals surface area contributed by atoms with Crippen molar-refractivity contribution in [3.05, 3.63) is 76.4 Å². The summed E-state index contributed by atoms with van der Waals surface area (Å²) >= 11 is 0. The molecule has 0 aromatic heterocycles. The van der Waals surface area contributed by atoms with Crippen LogP contribution in [0.3, 0.4) is 0 Å². The largest absolute Gasteiger partial charge is 0.507 e. The number of aliphatic imine (C=N–C) groups is 1. The molecule has 5 rings (SSSR count). The van der Waals surface area contributed by atoms with E-state index in [1.54, 1.807) is 36.4 Å². The summed E-state index contributed by atoms with van der Waals surface area (Å²) in [7, 11) is 0. The normalized spacial score (nSPS) is 22.6. The van der Waals surface area contributed by atoms with Gasteiger partial charge in [-0.05, 0) is 86.9 Å². The minimum Gasteiger partial charge on any atom is -0.507 e. The number of aromatic hydroxyl groups is 2. The fraction of sp³-hybridized carbons (Fsp3) is 0.441. The zero-order chi connectivity index (χ0) is 30.3. The van der Waals surface area contributed by atoms with Crippen LogP contribution in [0.1, 0.15) is 82.8 Å². The van der Waals surface area contributed by atoms with Crippen molar-refractivity contribution in [1.29, 1.82) is 0 Å². The third kappa shape index (κ3) is 8.03. The summed E-state index contributed by atoms with van der Waals surface area (Å²) in [5, 5.41) is 25.6. The molecular weight excluding hydrogens is 606 g/mol. The average molecular weight is 649 g/mol. The summed E-state index contributed by atoms with van der Waals surface area (Å²) in [5.41, 5.74) is 7.89. The van der Waals surface area contributed by atoms with Crippen molar-refractivity contribution < 1.29 is 40.8 Å². The van der Waals surface area contributed by atoms with Crippen LogP contribution in [-0.2, 0) is 16.5 Å². The fourth-order valence-corrected chi connectivity index (χ4v) is 5.96. The van der Waals surface area contributed by atoms with E-state index in [1.807, 2.05) is 16.2 Å². The Kier molecular flexibility index (Phi) is 11.9. The predicted octanol–water partition coefficient (Wildman–Crippen LogP) is 7.14. The van der Waals surface area contributed by atoms with Crippen molar-refractivity contribution >= 4 is 12.3 Å². The molecule has 2 aromatic rings. The molecule has 0 bridgehead atoms. The molecule has 44 heavy (non-hydrogen) atoms. The summed E-state index contributed by atoms with van der Waals surface area (Å²) in [6.45, 7) is 6.02. The number of piperidine rings is 2. The molecule has 0 spiro atoms. The van der Waals surface area contributed by atoms with Crippen LogP contribution in [0.4, 0.5) is 4.39 Å². The predicted molar refractivity (Wildman–Crippen MR) is 167 cm³/mol. The molecule has 2 saturated heterocycles. The van der Waals surface area contributed by atoms with Gasteiger partial charge >= 0.3 is 0 Å². The van der Waals surface area contributed by atoms with E-state index < -0.39 is 5.83 Å². The van der Waals surface area contributed by atoms with Crippen LogP contribution in [0.25, 0.3) is 6.08 Å². The van der Waals surface area contributed by atoms with Gasteiger partial charge in [-0.3, -0.25) is 4.99 Å². The number of phenolic OH excluding ortho intramolecular Hbond substituents is 2. The number of allylic oxidation sites excluding steroid dienone is 3. The van der Waals surface area contributed by atoms with Crippen molar-refractivity contribution in [2.75, 3.05) is 13.1 Å². The van der Waals surface area contributed by atoms with E-state index in [0.29, 0.717) is 40.3 Å². The zero-order valence-corrected chi connectivity index (χ0v) is 26.4. The number of rotatable bonds is 9. The molecule has 240 valence electrons. The van der Waals surface area contributed by atoms with Gasteiger partial charge in [-0.2, -0.15) is 0 Å². The van der Waals surface area contributed by atoms with E-state index in [4.69, 9.17) is 15.4 Å². The first-order valence-corrected chi connectivity index (χ1v) is 15.5. The van der Waals surface area contributed by atoms with Crippen LogP contribution in [0.15, 0.2) is 70.3 Å². The molecule has 8 nitrogen and oxygen atoms in total. The first-order valence-electron chi connectivity index (χ1n) is 15.5. The molecule has 10 heteroatoms. The molecule has 2 unspecified atom stereocenters. The van der Waals surface area contributed by atoms with Crippen LogP contribution in [0, 0.1) is 0 Å². The average Bonchev–Trinajstić information content (AvgIpc) is 3.01. The van der Waals surface area contributed by atoms with E-state index >= 15 is 0 Å². The Morgan fingerprint density at radius 3 is 1.95 bits per heavy atom. The third-order valence-corrected chi connectivity index (χ3v) is 8.52. The second kappa shape index (κ2) is 15.6. The van der Waals surface area contributed by atoms with E-state index in [-0.39, 0.29) is 45.8 Å². The minimum atomic E-state index is -0.552. The topological polar surface area (TPSA) is 104 Å². The Morgan fingerprint density at radius 1 is 0.886 bits per heavy atom. The Balaban J connectivity index is 0.00000442. The van der Waals surface area contributed by atoms with Gasteiger partial charge in [-0.15, -0.1) is 10.1 Å². The maximum atomic E-state index is 14.5. The molecule has 2 aromatic carbocycles. The Bertz CT molecular complexity index is 1430. The van der Waals surface area contributed by atoms with Gasteiger partial charge in [-0.1, -0.05) is 26.7 Å². The van der Waals surface area contributed by atoms with Gasteiger partial charge in [0.2, 0.25) is 0 Å². The van der Waals surface area contributed by atoms with Crippen LogP contribution >= 0.6 is 0 Å². The first kappa shape index (κ1) is 33.6. The van der Waals surface area contributed by atoms with Gasteiger partial charge < -0.3 is 25.6 Å². The minimum absolute atomic E-state index is 0. The molecule has 2 heterocycles. The maximum absolute atomic E-state index is 14.5. The monoisotopic (exact) mass is 648 g/mol. The SMILES string of the molecule is CCC1CCCCN1Oc1ccc(C=NC2=C(N)C(F)=CCC2=Cc2ccc(ON3CCCCC3CC)cc2O)c(O)c1.[Ni]. The Labute approximate surface area is 269 Å². The van der Waals surface area contributed by atoms with Gasteiger partial charge in [0.05, 0.1) is 11.4 Å². The molecular formula is C34H43FN4NiO4. The van der Waals surface area contributed by atoms with Gasteiger partial charge in [0.1, 0.15) is 17.3 Å².